The lowest BCUT2D eigenvalue weighted by Gasteiger charge is -2.37. The molecule has 56 nitrogen and oxygen atoms in total. The van der Waals surface area contributed by atoms with Gasteiger partial charge >= 0.3 is 71.6 Å². The normalized spacial score (nSPS) is 20.3. The molecule has 8 aliphatic rings. The summed E-state index contributed by atoms with van der Waals surface area (Å²) in [6.07, 6.45) is 1.89. The summed E-state index contributed by atoms with van der Waals surface area (Å²) in [7, 11) is 0. The van der Waals surface area contributed by atoms with E-state index >= 15 is 33.6 Å². The number of hydrogen-bond acceptors (Lipinski definition) is 37. The molecule has 0 radical (unpaired) electrons. The number of aliphatic hydroxyl groups excluding tert-OH is 1. The minimum atomic E-state index is -1.78. The molecular weight excluding hydrogens is 1920 g/mol. The summed E-state index contributed by atoms with van der Waals surface area (Å²) in [5, 5.41) is 143. The molecule has 818 valence electrons. The van der Waals surface area contributed by atoms with E-state index in [1.54, 1.807) is 78.4 Å². The van der Waals surface area contributed by atoms with Crippen molar-refractivity contribution in [2.24, 2.45) is 5.41 Å². The first-order chi connectivity index (χ1) is 68.8. The molecule has 1 unspecified atom stereocenters. The summed E-state index contributed by atoms with van der Waals surface area (Å²) < 4.78 is 0. The van der Waals surface area contributed by atoms with Crippen molar-refractivity contribution in [3.63, 3.8) is 0 Å². The maximum atomic E-state index is 15.2. The number of rotatable bonds is 53. The molecular formula is C89H150N24O32. The second-order valence-electron chi connectivity index (χ2n) is 38.9. The van der Waals surface area contributed by atoms with Gasteiger partial charge in [0.05, 0.1) is 131 Å². The Morgan fingerprint density at radius 1 is 0.207 bits per heavy atom. The predicted molar refractivity (Wildman–Crippen MR) is 509 cm³/mol. The third-order valence-electron chi connectivity index (χ3n) is 26.7. The average molecular weight is 2070 g/mol. The molecule has 0 bridgehead atoms. The first-order valence-corrected chi connectivity index (χ1v) is 49.4. The van der Waals surface area contributed by atoms with Crippen LogP contribution < -0.4 is 21.3 Å². The molecule has 4 aliphatic heterocycles. The predicted octanol–water partition coefficient (Wildman–Crippen LogP) is -11.9. The fraction of sp³-hybridized carbons (Fsp3) is 0.787. The van der Waals surface area contributed by atoms with Crippen LogP contribution in [0.5, 0.6) is 0 Å². The minimum Gasteiger partial charge on any atom is -0.480 e. The van der Waals surface area contributed by atoms with E-state index in [1.165, 1.54) is 19.6 Å². The van der Waals surface area contributed by atoms with Crippen molar-refractivity contribution in [3.05, 3.63) is 0 Å². The summed E-state index contributed by atoms with van der Waals surface area (Å²) in [4.78, 5) is 283. The molecule has 8 fully saturated rings. The lowest BCUT2D eigenvalue weighted by Crippen LogP contribution is -2.60. The van der Waals surface area contributed by atoms with Gasteiger partial charge in [-0.15, -0.1) is 0 Å². The van der Waals surface area contributed by atoms with Crippen LogP contribution in [-0.2, 0) is 91.1 Å². The van der Waals surface area contributed by atoms with Gasteiger partial charge in [0.2, 0.25) is 41.4 Å². The first kappa shape index (κ1) is 119. The average Bonchev–Trinajstić information content (AvgIpc) is 1.33. The molecule has 0 aromatic carbocycles. The molecule has 4 aliphatic carbocycles. The summed E-state index contributed by atoms with van der Waals surface area (Å²) in [5.74, 6) is -18.8. The largest absolute Gasteiger partial charge is 0.480 e. The highest BCUT2D eigenvalue weighted by atomic mass is 16.4. The Kier molecular flexibility index (Phi) is 50.3. The van der Waals surface area contributed by atoms with E-state index < -0.39 is 280 Å². The van der Waals surface area contributed by atoms with E-state index in [2.05, 4.69) is 21.3 Å². The highest BCUT2D eigenvalue weighted by molar-refractivity contribution is 5.89. The molecule has 0 aromatic rings. The number of nitrogens with zero attached hydrogens (tertiary/aromatic N) is 20. The van der Waals surface area contributed by atoms with Gasteiger partial charge in [-0.2, -0.15) is 0 Å². The molecule has 17 N–H and O–H groups in total. The smallest absolute Gasteiger partial charge is 0.317 e. The molecule has 4 saturated carbocycles. The van der Waals surface area contributed by atoms with Crippen LogP contribution in [0.4, 0.5) is 0 Å². The molecule has 8 rings (SSSR count). The third kappa shape index (κ3) is 48.6. The van der Waals surface area contributed by atoms with Crippen LogP contribution >= 0.6 is 0 Å². The lowest BCUT2D eigenvalue weighted by molar-refractivity contribution is -0.141. The Hall–Kier alpha value is -10.8. The van der Waals surface area contributed by atoms with Crippen molar-refractivity contribution in [3.8, 4) is 0 Å². The van der Waals surface area contributed by atoms with Crippen molar-refractivity contribution in [1.82, 2.24) is 119 Å². The van der Waals surface area contributed by atoms with Crippen LogP contribution in [0, 0.1) is 5.41 Å². The zero-order valence-electron chi connectivity index (χ0n) is 82.7. The molecule has 4 heterocycles. The SMILES string of the molecule is O=C(O)CN1CCN(CC(=O)O)CCN(CC(=O)N(CC(=O)NCC(CNC(=O)CN(C(=O)CN2CCN(CC(=O)O)CCN(CC(=O)O)CCN(CC(=O)O)CC2)C2CC2)(CNC(=O)CN(C(=O)CN2CCN(CC(=O)O)CCN(CC(=O)O)CCN(CC(=O)O)CC2)C2CC2)CNC(O)CN(C(=O)CN2CCN(CC(=O)O)CCN(CC(=O)O)CCN(CC(=O)O)CC2)C2CC2)C2CC2)CCN(CC(=O)O)CC1. The molecule has 0 spiro atoms. The summed E-state index contributed by atoms with van der Waals surface area (Å²) in [6.45, 7) is -9.22. The van der Waals surface area contributed by atoms with Gasteiger partial charge in [-0.1, -0.05) is 0 Å². The number of amides is 7. The Balaban J connectivity index is 1.14. The van der Waals surface area contributed by atoms with Crippen LogP contribution in [0.1, 0.15) is 51.4 Å². The van der Waals surface area contributed by atoms with Crippen LogP contribution in [0.25, 0.3) is 0 Å². The molecule has 145 heavy (non-hydrogen) atoms. The number of carbonyl (C=O) groups excluding carboxylic acids is 7. The molecule has 4 saturated heterocycles. The monoisotopic (exact) mass is 2070 g/mol. The number of carbonyl (C=O) groups is 19. The van der Waals surface area contributed by atoms with Gasteiger partial charge in [0.25, 0.3) is 0 Å². The van der Waals surface area contributed by atoms with Crippen LogP contribution in [-0.4, -0.2) is 674 Å². The van der Waals surface area contributed by atoms with Crippen LogP contribution in [0.3, 0.4) is 0 Å². The van der Waals surface area contributed by atoms with Gasteiger partial charge in [0, 0.05) is 265 Å². The molecule has 56 heteroatoms. The van der Waals surface area contributed by atoms with E-state index in [0.29, 0.717) is 51.4 Å². The van der Waals surface area contributed by atoms with E-state index in [1.807, 2.05) is 0 Å². The maximum absolute atomic E-state index is 15.2. The zero-order chi connectivity index (χ0) is 106. The summed E-state index contributed by atoms with van der Waals surface area (Å²) in [6, 6.07) is -1.95. The highest BCUT2D eigenvalue weighted by Crippen LogP contribution is 2.31. The Bertz CT molecular complexity index is 3880. The fourth-order valence-corrected chi connectivity index (χ4v) is 18.0. The minimum absolute atomic E-state index is 0.0405. The van der Waals surface area contributed by atoms with E-state index in [0.717, 1.165) is 0 Å². The number of nitrogens with one attached hydrogen (secondary N) is 4. The summed E-state index contributed by atoms with van der Waals surface area (Å²) in [5.41, 5.74) is -1.78. The number of hydrogen-bond donors (Lipinski definition) is 17. The van der Waals surface area contributed by atoms with Crippen LogP contribution in [0.15, 0.2) is 0 Å². The number of aliphatic carboxylic acids is 12. The second kappa shape index (κ2) is 61.1. The first-order valence-electron chi connectivity index (χ1n) is 49.4. The van der Waals surface area contributed by atoms with Gasteiger partial charge in [0.15, 0.2) is 0 Å². The number of carboxylic acids is 12. The van der Waals surface area contributed by atoms with E-state index in [4.69, 9.17) is 0 Å². The fourth-order valence-electron chi connectivity index (χ4n) is 18.0. The van der Waals surface area contributed by atoms with E-state index in [-0.39, 0.29) is 236 Å². The lowest BCUT2D eigenvalue weighted by atomic mass is 9.86. The van der Waals surface area contributed by atoms with Crippen molar-refractivity contribution < 1.29 is 157 Å². The van der Waals surface area contributed by atoms with Gasteiger partial charge in [-0.05, 0) is 51.4 Å². The highest BCUT2D eigenvalue weighted by Gasteiger charge is 2.43. The maximum Gasteiger partial charge on any atom is 0.317 e. The van der Waals surface area contributed by atoms with Gasteiger partial charge in [0.1, 0.15) is 6.23 Å². The molecule has 7 amide bonds. The second-order valence-corrected chi connectivity index (χ2v) is 38.9. The Morgan fingerprint density at radius 2 is 0.338 bits per heavy atom. The molecule has 1 atom stereocenters. The van der Waals surface area contributed by atoms with Crippen LogP contribution in [0.2, 0.25) is 0 Å². The van der Waals surface area contributed by atoms with Gasteiger partial charge in [-0.3, -0.25) is 175 Å². The topological polar surface area (TPSA) is 700 Å². The Labute approximate surface area is 840 Å². The molecule has 0 aromatic heterocycles. The van der Waals surface area contributed by atoms with E-state index in [9.17, 15) is 124 Å². The standard InChI is InChI=1S/C89H150N24O32/c114-69(41-110(65-1-2-65)73(118)45-94-9-17-98(49-77(122)123)25-33-106(57-85(138)139)34-26-99(18-10-94)50-78(124)125)90-61-89(62-91-70(115)42-111(66-3-4-66)74(119)46-95-11-19-100(51-79(126)127)27-35-107(58-86(140)141)36-28-101(20-12-95)52-80(128)129,63-92-71(116)43-112(67-5-6-67)75(120)47-96-13-21-102(53-81(130)131)29-37-108(59-87(142)143)38-30-103(22-14-96)54-82(132)133)64-93-72(117)44-113(68-7-8-68)76(121)48-97-15-23-104(55-83(134)135)31-39-109(60-88(144)145)40-32-105(24-16-97)56-84(136)137/h65-69,90,114H,1-64H2,(H,91,115)(H,92,116)(H,93,117)(H,122,123)(H,124,125)(H,126,127)(H,128,129)(H,130,131)(H,132,133)(H,134,135)(H,136,137)(H,138,139)(H,140,141)(H,142,143)(H,144,145). The zero-order valence-corrected chi connectivity index (χ0v) is 82.7. The van der Waals surface area contributed by atoms with Crippen molar-refractivity contribution >= 4 is 113 Å². The van der Waals surface area contributed by atoms with Gasteiger partial charge < -0.3 is 102 Å². The van der Waals surface area contributed by atoms with Crippen molar-refractivity contribution in [2.45, 2.75) is 81.8 Å². The van der Waals surface area contributed by atoms with Gasteiger partial charge in [-0.25, -0.2) is 0 Å². The quantitative estimate of drug-likeness (QED) is 0.0252. The number of carboxylic acid groups (broad SMARTS) is 12. The van der Waals surface area contributed by atoms with Crippen molar-refractivity contribution in [1.29, 1.82) is 0 Å². The number of aliphatic hydroxyl groups is 1. The Morgan fingerprint density at radius 3 is 0.476 bits per heavy atom. The summed E-state index contributed by atoms with van der Waals surface area (Å²) >= 11 is 0. The van der Waals surface area contributed by atoms with Crippen molar-refractivity contribution in [2.75, 3.05) is 367 Å². The third-order valence-corrected chi connectivity index (χ3v) is 26.7.